The van der Waals surface area contributed by atoms with E-state index in [0.717, 1.165) is 0 Å². The van der Waals surface area contributed by atoms with Gasteiger partial charge in [0, 0.05) is 18.8 Å². The normalized spacial score (nSPS) is 11.3. The topological polar surface area (TPSA) is 84.9 Å². The van der Waals surface area contributed by atoms with E-state index in [9.17, 15) is 13.2 Å². The number of benzene rings is 2. The lowest BCUT2D eigenvalue weighted by Gasteiger charge is -2.20. The van der Waals surface area contributed by atoms with Crippen molar-refractivity contribution in [3.63, 3.8) is 0 Å². The number of hydrogen-bond acceptors (Lipinski definition) is 5. The van der Waals surface area contributed by atoms with Crippen molar-refractivity contribution in [3.8, 4) is 11.5 Å². The SMILES string of the molecule is CCN(CC)S(=O)(=O)c1cc(NC(=O)COc2ccccc2OC)ccc1C. The van der Waals surface area contributed by atoms with Crippen molar-refractivity contribution in [2.45, 2.75) is 25.7 Å². The molecule has 28 heavy (non-hydrogen) atoms. The Labute approximate surface area is 166 Å². The third kappa shape index (κ3) is 5.02. The molecule has 1 amide bonds. The molecular formula is C20H26N2O5S. The molecular weight excluding hydrogens is 380 g/mol. The lowest BCUT2D eigenvalue weighted by atomic mass is 10.2. The van der Waals surface area contributed by atoms with Gasteiger partial charge in [0.1, 0.15) is 0 Å². The number of ether oxygens (including phenoxy) is 2. The summed E-state index contributed by atoms with van der Waals surface area (Å²) in [5.41, 5.74) is 1.01. The van der Waals surface area contributed by atoms with E-state index in [0.29, 0.717) is 35.8 Å². The first kappa shape index (κ1) is 21.7. The molecule has 2 aromatic rings. The van der Waals surface area contributed by atoms with E-state index in [1.165, 1.54) is 17.5 Å². The highest BCUT2D eigenvalue weighted by Gasteiger charge is 2.24. The van der Waals surface area contributed by atoms with Crippen molar-refractivity contribution in [3.05, 3.63) is 48.0 Å². The number of anilines is 1. The number of carbonyl (C=O) groups is 1. The van der Waals surface area contributed by atoms with Crippen molar-refractivity contribution >= 4 is 21.6 Å². The number of nitrogens with zero attached hydrogens (tertiary/aromatic N) is 1. The lowest BCUT2D eigenvalue weighted by Crippen LogP contribution is -2.31. The molecule has 0 radical (unpaired) electrons. The van der Waals surface area contributed by atoms with Gasteiger partial charge in [-0.15, -0.1) is 0 Å². The molecule has 0 heterocycles. The van der Waals surface area contributed by atoms with Crippen molar-refractivity contribution in [2.24, 2.45) is 0 Å². The largest absolute Gasteiger partial charge is 0.493 e. The van der Waals surface area contributed by atoms with Gasteiger partial charge in [-0.05, 0) is 36.8 Å². The first-order valence-electron chi connectivity index (χ1n) is 8.99. The van der Waals surface area contributed by atoms with Crippen LogP contribution < -0.4 is 14.8 Å². The van der Waals surface area contributed by atoms with Crippen LogP contribution in [-0.2, 0) is 14.8 Å². The summed E-state index contributed by atoms with van der Waals surface area (Å²) >= 11 is 0. The fourth-order valence-corrected chi connectivity index (χ4v) is 4.45. The van der Waals surface area contributed by atoms with Gasteiger partial charge in [0.15, 0.2) is 18.1 Å². The van der Waals surface area contributed by atoms with Crippen LogP contribution in [0.5, 0.6) is 11.5 Å². The third-order valence-electron chi connectivity index (χ3n) is 4.22. The molecule has 2 aromatic carbocycles. The molecule has 0 aromatic heterocycles. The fraction of sp³-hybridized carbons (Fsp3) is 0.350. The van der Waals surface area contributed by atoms with Gasteiger partial charge in [-0.25, -0.2) is 8.42 Å². The van der Waals surface area contributed by atoms with Crippen LogP contribution in [0.1, 0.15) is 19.4 Å². The standard InChI is InChI=1S/C20H26N2O5S/c1-5-22(6-2)28(24,25)19-13-16(12-11-15(19)3)21-20(23)14-27-18-10-8-7-9-17(18)26-4/h7-13H,5-6,14H2,1-4H3,(H,21,23). The number of nitrogens with one attached hydrogen (secondary N) is 1. The zero-order valence-electron chi connectivity index (χ0n) is 16.6. The van der Waals surface area contributed by atoms with Gasteiger partial charge < -0.3 is 14.8 Å². The van der Waals surface area contributed by atoms with Crippen molar-refractivity contribution < 1.29 is 22.7 Å². The Morgan fingerprint density at radius 3 is 2.32 bits per heavy atom. The molecule has 0 aliphatic rings. The highest BCUT2D eigenvalue weighted by molar-refractivity contribution is 7.89. The highest BCUT2D eigenvalue weighted by Crippen LogP contribution is 2.26. The van der Waals surface area contributed by atoms with Crippen LogP contribution in [0.25, 0.3) is 0 Å². The second-order valence-electron chi connectivity index (χ2n) is 6.06. The van der Waals surface area contributed by atoms with Gasteiger partial charge in [0.25, 0.3) is 5.91 Å². The Morgan fingerprint density at radius 2 is 1.71 bits per heavy atom. The number of para-hydroxylation sites is 2. The second-order valence-corrected chi connectivity index (χ2v) is 7.96. The van der Waals surface area contributed by atoms with Crippen LogP contribution in [0.15, 0.2) is 47.4 Å². The molecule has 0 bridgehead atoms. The molecule has 2 rings (SSSR count). The number of hydrogen-bond donors (Lipinski definition) is 1. The second kappa shape index (κ2) is 9.57. The Hall–Kier alpha value is -2.58. The van der Waals surface area contributed by atoms with Crippen LogP contribution in [0, 0.1) is 6.92 Å². The number of carbonyl (C=O) groups excluding carboxylic acids is 1. The summed E-state index contributed by atoms with van der Waals surface area (Å²) in [5, 5.41) is 2.68. The number of amides is 1. The number of rotatable bonds is 9. The van der Waals surface area contributed by atoms with Gasteiger partial charge >= 0.3 is 0 Å². The number of sulfonamides is 1. The van der Waals surface area contributed by atoms with E-state index >= 15 is 0 Å². The molecule has 0 saturated heterocycles. The highest BCUT2D eigenvalue weighted by atomic mass is 32.2. The van der Waals surface area contributed by atoms with Gasteiger partial charge in [-0.3, -0.25) is 4.79 Å². The molecule has 0 fully saturated rings. The monoisotopic (exact) mass is 406 g/mol. The Bertz CT molecular complexity index is 924. The molecule has 8 heteroatoms. The van der Waals surface area contributed by atoms with Crippen molar-refractivity contribution in [1.82, 2.24) is 4.31 Å². The Kier molecular flexibility index (Phi) is 7.42. The van der Waals surface area contributed by atoms with Crippen LogP contribution in [-0.4, -0.2) is 45.4 Å². The van der Waals surface area contributed by atoms with Crippen molar-refractivity contribution in [1.29, 1.82) is 0 Å². The third-order valence-corrected chi connectivity index (χ3v) is 6.41. The fourth-order valence-electron chi connectivity index (χ4n) is 2.74. The van der Waals surface area contributed by atoms with Crippen LogP contribution in [0.3, 0.4) is 0 Å². The smallest absolute Gasteiger partial charge is 0.262 e. The predicted molar refractivity (Wildman–Crippen MR) is 108 cm³/mol. The summed E-state index contributed by atoms with van der Waals surface area (Å²) in [4.78, 5) is 12.4. The molecule has 0 aliphatic heterocycles. The minimum absolute atomic E-state index is 0.180. The summed E-state index contributed by atoms with van der Waals surface area (Å²) < 4.78 is 37.7. The van der Waals surface area contributed by atoms with E-state index in [2.05, 4.69) is 5.32 Å². The summed E-state index contributed by atoms with van der Waals surface area (Å²) in [6.07, 6.45) is 0. The van der Waals surface area contributed by atoms with Crippen molar-refractivity contribution in [2.75, 3.05) is 32.1 Å². The van der Waals surface area contributed by atoms with Crippen LogP contribution in [0.2, 0.25) is 0 Å². The maximum absolute atomic E-state index is 12.8. The van der Waals surface area contributed by atoms with E-state index in [1.54, 1.807) is 57.2 Å². The van der Waals surface area contributed by atoms with Gasteiger partial charge in [-0.1, -0.05) is 32.0 Å². The first-order chi connectivity index (χ1) is 13.3. The van der Waals surface area contributed by atoms with E-state index < -0.39 is 15.9 Å². The molecule has 7 nitrogen and oxygen atoms in total. The quantitative estimate of drug-likeness (QED) is 0.692. The Balaban J connectivity index is 2.13. The zero-order valence-corrected chi connectivity index (χ0v) is 17.4. The van der Waals surface area contributed by atoms with Crippen LogP contribution in [0.4, 0.5) is 5.69 Å². The van der Waals surface area contributed by atoms with Gasteiger partial charge in [-0.2, -0.15) is 4.31 Å². The average Bonchev–Trinajstić information content (AvgIpc) is 2.68. The lowest BCUT2D eigenvalue weighted by molar-refractivity contribution is -0.118. The zero-order chi connectivity index (χ0) is 20.7. The van der Waals surface area contributed by atoms with E-state index in [-0.39, 0.29) is 11.5 Å². The molecule has 152 valence electrons. The first-order valence-corrected chi connectivity index (χ1v) is 10.4. The summed E-state index contributed by atoms with van der Waals surface area (Å²) in [6.45, 7) is 5.83. The molecule has 0 spiro atoms. The molecule has 1 N–H and O–H groups in total. The summed E-state index contributed by atoms with van der Waals surface area (Å²) in [5.74, 6) is 0.577. The molecule has 0 atom stereocenters. The van der Waals surface area contributed by atoms with Gasteiger partial charge in [0.2, 0.25) is 10.0 Å². The Morgan fingerprint density at radius 1 is 1.07 bits per heavy atom. The molecule has 0 unspecified atom stereocenters. The summed E-state index contributed by atoms with van der Waals surface area (Å²) in [7, 11) is -2.10. The minimum Gasteiger partial charge on any atom is -0.493 e. The predicted octanol–water partition coefficient (Wildman–Crippen LogP) is 3.05. The minimum atomic E-state index is -3.62. The summed E-state index contributed by atoms with van der Waals surface area (Å²) in [6, 6.07) is 11.8. The average molecular weight is 407 g/mol. The van der Waals surface area contributed by atoms with Crippen LogP contribution >= 0.6 is 0 Å². The van der Waals surface area contributed by atoms with Gasteiger partial charge in [0.05, 0.1) is 12.0 Å². The van der Waals surface area contributed by atoms with E-state index in [1.807, 2.05) is 0 Å². The van der Waals surface area contributed by atoms with E-state index in [4.69, 9.17) is 9.47 Å². The maximum Gasteiger partial charge on any atom is 0.262 e. The maximum atomic E-state index is 12.8. The number of aryl methyl sites for hydroxylation is 1. The number of methoxy groups -OCH3 is 1. The molecule has 0 saturated carbocycles. The molecule has 0 aliphatic carbocycles.